The lowest BCUT2D eigenvalue weighted by atomic mass is 10.2. The number of ether oxygens (including phenoxy) is 1. The molecule has 0 aliphatic carbocycles. The Balaban J connectivity index is 1.75. The van der Waals surface area contributed by atoms with E-state index in [1.54, 1.807) is 11.8 Å². The average Bonchev–Trinajstić information content (AvgIpc) is 2.83. The second-order valence-electron chi connectivity index (χ2n) is 3.95. The third-order valence-corrected chi connectivity index (χ3v) is 2.76. The first kappa shape index (κ1) is 10.4. The van der Waals surface area contributed by atoms with Gasteiger partial charge in [0.25, 0.3) is 0 Å². The molecule has 2 unspecified atom stereocenters. The Bertz CT molecular complexity index is 312. The maximum atomic E-state index is 5.29. The van der Waals surface area contributed by atoms with Crippen molar-refractivity contribution < 1.29 is 4.74 Å². The van der Waals surface area contributed by atoms with Gasteiger partial charge in [-0.3, -0.25) is 4.68 Å². The number of rotatable bonds is 4. The molecular formula is C10H18N4O. The molecule has 15 heavy (non-hydrogen) atoms. The van der Waals surface area contributed by atoms with Gasteiger partial charge in [-0.1, -0.05) is 0 Å². The predicted octanol–water partition coefficient (Wildman–Crippen LogP) is 0.209. The van der Waals surface area contributed by atoms with E-state index < -0.39 is 0 Å². The third-order valence-electron chi connectivity index (χ3n) is 2.76. The van der Waals surface area contributed by atoms with E-state index in [0.717, 1.165) is 25.3 Å². The van der Waals surface area contributed by atoms with Crippen LogP contribution in [0.3, 0.4) is 0 Å². The van der Waals surface area contributed by atoms with Gasteiger partial charge in [-0.25, -0.2) is 0 Å². The zero-order valence-corrected chi connectivity index (χ0v) is 9.23. The SMILES string of the molecule is COC1CNC(CNc2ccn(C)n2)C1. The highest BCUT2D eigenvalue weighted by Gasteiger charge is 2.23. The highest BCUT2D eigenvalue weighted by molar-refractivity contribution is 5.32. The molecule has 1 fully saturated rings. The highest BCUT2D eigenvalue weighted by Crippen LogP contribution is 2.10. The fourth-order valence-electron chi connectivity index (χ4n) is 1.85. The normalized spacial score (nSPS) is 25.7. The Morgan fingerprint density at radius 2 is 2.60 bits per heavy atom. The van der Waals surface area contributed by atoms with Crippen LogP contribution in [-0.4, -0.2) is 42.1 Å². The van der Waals surface area contributed by atoms with E-state index in [1.807, 2.05) is 19.3 Å². The van der Waals surface area contributed by atoms with Crippen LogP contribution in [0.1, 0.15) is 6.42 Å². The molecule has 2 atom stereocenters. The molecule has 0 aromatic carbocycles. The van der Waals surface area contributed by atoms with E-state index in [0.29, 0.717) is 12.1 Å². The van der Waals surface area contributed by atoms with Crippen LogP contribution in [0.4, 0.5) is 5.82 Å². The Morgan fingerprint density at radius 1 is 1.73 bits per heavy atom. The Hall–Kier alpha value is -1.07. The molecule has 5 nitrogen and oxygen atoms in total. The number of anilines is 1. The lowest BCUT2D eigenvalue weighted by Crippen LogP contribution is -2.29. The van der Waals surface area contributed by atoms with Crippen molar-refractivity contribution in [3.05, 3.63) is 12.3 Å². The van der Waals surface area contributed by atoms with Crippen molar-refractivity contribution in [3.63, 3.8) is 0 Å². The lowest BCUT2D eigenvalue weighted by molar-refractivity contribution is 0.117. The van der Waals surface area contributed by atoms with Gasteiger partial charge in [-0.05, 0) is 6.42 Å². The smallest absolute Gasteiger partial charge is 0.148 e. The van der Waals surface area contributed by atoms with Gasteiger partial charge in [0.15, 0.2) is 0 Å². The lowest BCUT2D eigenvalue weighted by Gasteiger charge is -2.10. The average molecular weight is 210 g/mol. The fourth-order valence-corrected chi connectivity index (χ4v) is 1.85. The van der Waals surface area contributed by atoms with E-state index in [-0.39, 0.29) is 0 Å². The summed E-state index contributed by atoms with van der Waals surface area (Å²) in [6.07, 6.45) is 3.36. The molecule has 2 N–H and O–H groups in total. The molecule has 5 heteroatoms. The van der Waals surface area contributed by atoms with Crippen LogP contribution in [0.15, 0.2) is 12.3 Å². The number of hydrogen-bond acceptors (Lipinski definition) is 4. The first-order chi connectivity index (χ1) is 7.28. The second kappa shape index (κ2) is 4.63. The summed E-state index contributed by atoms with van der Waals surface area (Å²) in [5.41, 5.74) is 0. The quantitative estimate of drug-likeness (QED) is 0.746. The zero-order valence-electron chi connectivity index (χ0n) is 9.23. The molecule has 1 aromatic rings. The van der Waals surface area contributed by atoms with Crippen molar-refractivity contribution in [1.29, 1.82) is 0 Å². The van der Waals surface area contributed by atoms with Crippen molar-refractivity contribution in [3.8, 4) is 0 Å². The summed E-state index contributed by atoms with van der Waals surface area (Å²) in [5, 5.41) is 11.0. The second-order valence-corrected chi connectivity index (χ2v) is 3.95. The summed E-state index contributed by atoms with van der Waals surface area (Å²) in [4.78, 5) is 0. The minimum absolute atomic E-state index is 0.362. The number of hydrogen-bond donors (Lipinski definition) is 2. The summed E-state index contributed by atoms with van der Waals surface area (Å²) >= 11 is 0. The predicted molar refractivity (Wildman–Crippen MR) is 58.9 cm³/mol. The van der Waals surface area contributed by atoms with Gasteiger partial charge >= 0.3 is 0 Å². The van der Waals surface area contributed by atoms with Crippen molar-refractivity contribution in [2.75, 3.05) is 25.5 Å². The largest absolute Gasteiger partial charge is 0.380 e. The maximum Gasteiger partial charge on any atom is 0.148 e. The minimum Gasteiger partial charge on any atom is -0.380 e. The van der Waals surface area contributed by atoms with Crippen molar-refractivity contribution in [2.45, 2.75) is 18.6 Å². The molecule has 2 rings (SSSR count). The van der Waals surface area contributed by atoms with Crippen LogP contribution in [0.25, 0.3) is 0 Å². The van der Waals surface area contributed by atoms with E-state index >= 15 is 0 Å². The molecule has 1 aliphatic heterocycles. The third kappa shape index (κ3) is 2.70. The van der Waals surface area contributed by atoms with Crippen molar-refractivity contribution in [1.82, 2.24) is 15.1 Å². The van der Waals surface area contributed by atoms with Crippen LogP contribution in [0, 0.1) is 0 Å². The molecule has 84 valence electrons. The molecule has 1 saturated heterocycles. The summed E-state index contributed by atoms with van der Waals surface area (Å²) in [6, 6.07) is 2.46. The van der Waals surface area contributed by atoms with Gasteiger partial charge in [0.1, 0.15) is 5.82 Å². The molecule has 0 bridgehead atoms. The van der Waals surface area contributed by atoms with Gasteiger partial charge in [0.2, 0.25) is 0 Å². The van der Waals surface area contributed by atoms with Crippen LogP contribution >= 0.6 is 0 Å². The highest BCUT2D eigenvalue weighted by atomic mass is 16.5. The van der Waals surface area contributed by atoms with Crippen molar-refractivity contribution in [2.24, 2.45) is 7.05 Å². The molecule has 2 heterocycles. The van der Waals surface area contributed by atoms with Gasteiger partial charge in [0.05, 0.1) is 6.10 Å². The van der Waals surface area contributed by atoms with Crippen LogP contribution < -0.4 is 10.6 Å². The monoisotopic (exact) mass is 210 g/mol. The Morgan fingerprint density at radius 3 is 3.20 bits per heavy atom. The number of methoxy groups -OCH3 is 1. The summed E-state index contributed by atoms with van der Waals surface area (Å²) in [7, 11) is 3.68. The molecule has 1 aromatic heterocycles. The number of aryl methyl sites for hydroxylation is 1. The van der Waals surface area contributed by atoms with Crippen LogP contribution in [0.5, 0.6) is 0 Å². The van der Waals surface area contributed by atoms with Crippen molar-refractivity contribution >= 4 is 5.82 Å². The van der Waals surface area contributed by atoms with Gasteiger partial charge in [-0.2, -0.15) is 5.10 Å². The minimum atomic E-state index is 0.362. The first-order valence-corrected chi connectivity index (χ1v) is 5.27. The Kier molecular flexibility index (Phi) is 3.23. The van der Waals surface area contributed by atoms with Gasteiger partial charge < -0.3 is 15.4 Å². The number of nitrogens with zero attached hydrogens (tertiary/aromatic N) is 2. The zero-order chi connectivity index (χ0) is 10.7. The van der Waals surface area contributed by atoms with Crippen LogP contribution in [-0.2, 0) is 11.8 Å². The van der Waals surface area contributed by atoms with E-state index in [4.69, 9.17) is 4.74 Å². The topological polar surface area (TPSA) is 51.1 Å². The molecule has 0 radical (unpaired) electrons. The summed E-state index contributed by atoms with van der Waals surface area (Å²) in [6.45, 7) is 1.85. The molecule has 0 amide bonds. The Labute approximate surface area is 89.8 Å². The molecular weight excluding hydrogens is 192 g/mol. The first-order valence-electron chi connectivity index (χ1n) is 5.27. The van der Waals surface area contributed by atoms with E-state index in [2.05, 4.69) is 15.7 Å². The molecule has 0 spiro atoms. The van der Waals surface area contributed by atoms with Crippen LogP contribution in [0.2, 0.25) is 0 Å². The van der Waals surface area contributed by atoms with Gasteiger partial charge in [0, 0.05) is 45.6 Å². The summed E-state index contributed by atoms with van der Waals surface area (Å²) in [5.74, 6) is 0.931. The maximum absolute atomic E-state index is 5.29. The summed E-state index contributed by atoms with van der Waals surface area (Å²) < 4.78 is 7.08. The van der Waals surface area contributed by atoms with E-state index in [9.17, 15) is 0 Å². The standard InChI is InChI=1S/C10H18N4O/c1-14-4-3-10(13-14)12-6-8-5-9(15-2)7-11-8/h3-4,8-9,11H,5-7H2,1-2H3,(H,12,13). The fraction of sp³-hybridized carbons (Fsp3) is 0.700. The molecule has 0 saturated carbocycles. The van der Waals surface area contributed by atoms with E-state index in [1.165, 1.54) is 0 Å². The van der Waals surface area contributed by atoms with Gasteiger partial charge in [-0.15, -0.1) is 0 Å². The molecule has 1 aliphatic rings. The number of nitrogens with one attached hydrogen (secondary N) is 2. The number of aromatic nitrogens is 2.